The minimum atomic E-state index is -0.0142. The first-order valence-corrected chi connectivity index (χ1v) is 9.22. The molecule has 0 bridgehead atoms. The Morgan fingerprint density at radius 2 is 1.85 bits per heavy atom. The standard InChI is InChI=1S/C20H22N4O3/c1-13-18(19(23-26-13)16-6-4-3-5-7-16)20(25)24-10-8-15(9-11-24)12-17-21-14(2)22-27-17/h3-7,15H,8-12H2,1-2H3. The zero-order valence-corrected chi connectivity index (χ0v) is 15.5. The number of aryl methyl sites for hydroxylation is 2. The molecule has 7 heteroatoms. The van der Waals surface area contributed by atoms with E-state index in [1.807, 2.05) is 42.2 Å². The van der Waals surface area contributed by atoms with Gasteiger partial charge in [-0.15, -0.1) is 0 Å². The lowest BCUT2D eigenvalue weighted by Gasteiger charge is -2.31. The molecule has 3 heterocycles. The van der Waals surface area contributed by atoms with Crippen LogP contribution in [-0.4, -0.2) is 39.2 Å². The maximum absolute atomic E-state index is 13.1. The molecule has 1 aromatic carbocycles. The maximum Gasteiger partial charge on any atom is 0.259 e. The van der Waals surface area contributed by atoms with Gasteiger partial charge in [-0.3, -0.25) is 4.79 Å². The van der Waals surface area contributed by atoms with Crippen LogP contribution in [0.25, 0.3) is 11.3 Å². The molecule has 0 N–H and O–H groups in total. The summed E-state index contributed by atoms with van der Waals surface area (Å²) in [6.45, 7) is 5.02. The van der Waals surface area contributed by atoms with Crippen LogP contribution in [0.1, 0.15) is 40.7 Å². The molecular formula is C20H22N4O3. The molecule has 1 amide bonds. The predicted molar refractivity (Wildman–Crippen MR) is 98.0 cm³/mol. The molecule has 0 atom stereocenters. The van der Waals surface area contributed by atoms with Gasteiger partial charge in [-0.2, -0.15) is 4.98 Å². The summed E-state index contributed by atoms with van der Waals surface area (Å²) in [6, 6.07) is 9.67. The highest BCUT2D eigenvalue weighted by atomic mass is 16.5. The van der Waals surface area contributed by atoms with Crippen molar-refractivity contribution in [3.63, 3.8) is 0 Å². The number of piperidine rings is 1. The lowest BCUT2D eigenvalue weighted by Crippen LogP contribution is -2.39. The third kappa shape index (κ3) is 3.63. The van der Waals surface area contributed by atoms with E-state index in [0.717, 1.165) is 24.8 Å². The van der Waals surface area contributed by atoms with Gasteiger partial charge in [-0.1, -0.05) is 40.6 Å². The monoisotopic (exact) mass is 366 g/mol. The van der Waals surface area contributed by atoms with Gasteiger partial charge in [0.05, 0.1) is 0 Å². The fourth-order valence-electron chi connectivity index (χ4n) is 3.59. The number of carbonyl (C=O) groups excluding carboxylic acids is 1. The topological polar surface area (TPSA) is 85.3 Å². The van der Waals surface area contributed by atoms with Gasteiger partial charge in [-0.25, -0.2) is 0 Å². The van der Waals surface area contributed by atoms with E-state index in [9.17, 15) is 4.79 Å². The van der Waals surface area contributed by atoms with E-state index in [0.29, 0.717) is 47.7 Å². The van der Waals surface area contributed by atoms with Crippen LogP contribution in [0.4, 0.5) is 0 Å². The first-order chi connectivity index (χ1) is 13.1. The Bertz CT molecular complexity index is 924. The van der Waals surface area contributed by atoms with Crippen molar-refractivity contribution < 1.29 is 13.8 Å². The number of amides is 1. The second-order valence-electron chi connectivity index (χ2n) is 7.00. The lowest BCUT2D eigenvalue weighted by molar-refractivity contribution is 0.0686. The van der Waals surface area contributed by atoms with Crippen LogP contribution in [-0.2, 0) is 6.42 Å². The van der Waals surface area contributed by atoms with Crippen molar-refractivity contribution in [2.75, 3.05) is 13.1 Å². The van der Waals surface area contributed by atoms with Crippen molar-refractivity contribution in [1.82, 2.24) is 20.2 Å². The Labute approximate surface area is 157 Å². The molecule has 1 aliphatic heterocycles. The molecule has 0 saturated carbocycles. The van der Waals surface area contributed by atoms with E-state index in [1.54, 1.807) is 6.92 Å². The summed E-state index contributed by atoms with van der Waals surface area (Å²) >= 11 is 0. The molecule has 2 aromatic heterocycles. The van der Waals surface area contributed by atoms with Crippen LogP contribution in [0.5, 0.6) is 0 Å². The Morgan fingerprint density at radius 1 is 1.11 bits per heavy atom. The molecule has 4 rings (SSSR count). The molecule has 0 radical (unpaired) electrons. The molecule has 27 heavy (non-hydrogen) atoms. The molecule has 3 aromatic rings. The van der Waals surface area contributed by atoms with Crippen LogP contribution < -0.4 is 0 Å². The first kappa shape index (κ1) is 17.5. The van der Waals surface area contributed by atoms with Crippen molar-refractivity contribution in [2.24, 2.45) is 5.92 Å². The van der Waals surface area contributed by atoms with Crippen LogP contribution in [0, 0.1) is 19.8 Å². The highest BCUT2D eigenvalue weighted by Crippen LogP contribution is 2.28. The summed E-state index contributed by atoms with van der Waals surface area (Å²) < 4.78 is 10.6. The van der Waals surface area contributed by atoms with Crippen LogP contribution in [0.3, 0.4) is 0 Å². The Morgan fingerprint density at radius 3 is 2.52 bits per heavy atom. The van der Waals surface area contributed by atoms with Crippen molar-refractivity contribution >= 4 is 5.91 Å². The lowest BCUT2D eigenvalue weighted by atomic mass is 9.93. The molecule has 0 aliphatic carbocycles. The number of likely N-dealkylation sites (tertiary alicyclic amines) is 1. The van der Waals surface area contributed by atoms with Gasteiger partial charge < -0.3 is 13.9 Å². The molecule has 1 fully saturated rings. The number of nitrogens with zero attached hydrogens (tertiary/aromatic N) is 4. The van der Waals surface area contributed by atoms with E-state index in [-0.39, 0.29) is 5.91 Å². The van der Waals surface area contributed by atoms with Crippen LogP contribution >= 0.6 is 0 Å². The zero-order valence-electron chi connectivity index (χ0n) is 15.5. The fourth-order valence-corrected chi connectivity index (χ4v) is 3.59. The van der Waals surface area contributed by atoms with Crippen LogP contribution in [0.15, 0.2) is 39.4 Å². The van der Waals surface area contributed by atoms with E-state index < -0.39 is 0 Å². The SMILES string of the molecule is Cc1noc(CC2CCN(C(=O)c3c(-c4ccccc4)noc3C)CC2)n1. The van der Waals surface area contributed by atoms with Gasteiger partial charge in [0.15, 0.2) is 5.82 Å². The Balaban J connectivity index is 1.45. The molecule has 140 valence electrons. The van der Waals surface area contributed by atoms with E-state index >= 15 is 0 Å². The summed E-state index contributed by atoms with van der Waals surface area (Å²) in [4.78, 5) is 19.3. The minimum absolute atomic E-state index is 0.0142. The van der Waals surface area contributed by atoms with Gasteiger partial charge in [0.2, 0.25) is 5.89 Å². The highest BCUT2D eigenvalue weighted by Gasteiger charge is 2.29. The molecule has 7 nitrogen and oxygen atoms in total. The van der Waals surface area contributed by atoms with Crippen LogP contribution in [0.2, 0.25) is 0 Å². The Hall–Kier alpha value is -2.96. The van der Waals surface area contributed by atoms with Gasteiger partial charge in [0.25, 0.3) is 5.91 Å². The fraction of sp³-hybridized carbons (Fsp3) is 0.400. The Kier molecular flexibility index (Phi) is 4.75. The maximum atomic E-state index is 13.1. The van der Waals surface area contributed by atoms with Crippen molar-refractivity contribution in [3.05, 3.63) is 53.4 Å². The normalized spacial score (nSPS) is 15.3. The van der Waals surface area contributed by atoms with E-state index in [2.05, 4.69) is 15.3 Å². The molecule has 0 unspecified atom stereocenters. The quantitative estimate of drug-likeness (QED) is 0.703. The largest absolute Gasteiger partial charge is 0.360 e. The number of carbonyl (C=O) groups is 1. The summed E-state index contributed by atoms with van der Waals surface area (Å²) in [5.41, 5.74) is 2.06. The summed E-state index contributed by atoms with van der Waals surface area (Å²) in [6.07, 6.45) is 2.60. The first-order valence-electron chi connectivity index (χ1n) is 9.22. The van der Waals surface area contributed by atoms with Gasteiger partial charge in [-0.05, 0) is 32.6 Å². The van der Waals surface area contributed by atoms with Gasteiger partial charge in [0.1, 0.15) is 17.0 Å². The molecule has 1 saturated heterocycles. The van der Waals surface area contributed by atoms with Crippen molar-refractivity contribution in [1.29, 1.82) is 0 Å². The van der Waals surface area contributed by atoms with E-state index in [1.165, 1.54) is 0 Å². The van der Waals surface area contributed by atoms with Gasteiger partial charge in [0, 0.05) is 25.1 Å². The number of hydrogen-bond donors (Lipinski definition) is 0. The number of benzene rings is 1. The number of hydrogen-bond acceptors (Lipinski definition) is 6. The summed E-state index contributed by atoms with van der Waals surface area (Å²) in [5, 5.41) is 7.96. The average molecular weight is 366 g/mol. The number of aromatic nitrogens is 3. The van der Waals surface area contributed by atoms with Gasteiger partial charge >= 0.3 is 0 Å². The van der Waals surface area contributed by atoms with Crippen molar-refractivity contribution in [2.45, 2.75) is 33.1 Å². The van der Waals surface area contributed by atoms with Crippen molar-refractivity contribution in [3.8, 4) is 11.3 Å². The number of rotatable bonds is 4. The molecule has 1 aliphatic rings. The highest BCUT2D eigenvalue weighted by molar-refractivity contribution is 6.00. The summed E-state index contributed by atoms with van der Waals surface area (Å²) in [5.74, 6) is 2.33. The second kappa shape index (κ2) is 7.34. The molecular weight excluding hydrogens is 344 g/mol. The third-order valence-electron chi connectivity index (χ3n) is 5.06. The predicted octanol–water partition coefficient (Wildman–Crippen LogP) is 3.44. The second-order valence-corrected chi connectivity index (χ2v) is 7.00. The molecule has 0 spiro atoms. The smallest absolute Gasteiger partial charge is 0.259 e. The summed E-state index contributed by atoms with van der Waals surface area (Å²) in [7, 11) is 0. The average Bonchev–Trinajstić information content (AvgIpc) is 3.28. The minimum Gasteiger partial charge on any atom is -0.360 e. The van der Waals surface area contributed by atoms with E-state index in [4.69, 9.17) is 9.05 Å². The zero-order chi connectivity index (χ0) is 18.8. The third-order valence-corrected chi connectivity index (χ3v) is 5.06.